The normalized spacial score (nSPS) is 12.4. The molecule has 1 heterocycles. The molecule has 0 spiro atoms. The molecule has 2 N–H and O–H groups in total. The molecule has 0 aliphatic heterocycles. The maximum Gasteiger partial charge on any atom is 0.101 e. The molecule has 0 aliphatic carbocycles. The van der Waals surface area contributed by atoms with Gasteiger partial charge in [0, 0.05) is 17.1 Å². The molecule has 2 aromatic rings. The van der Waals surface area contributed by atoms with Crippen LogP contribution in [0.2, 0.25) is 0 Å². The Hall–Kier alpha value is -1.32. The van der Waals surface area contributed by atoms with Crippen molar-refractivity contribution in [2.24, 2.45) is 5.73 Å². The van der Waals surface area contributed by atoms with E-state index in [9.17, 15) is 0 Å². The number of nitrogens with two attached hydrogens (primary N) is 1. The predicted octanol–water partition coefficient (Wildman–Crippen LogP) is 3.82. The van der Waals surface area contributed by atoms with Crippen molar-refractivity contribution in [3.8, 4) is 0 Å². The lowest BCUT2D eigenvalue weighted by Gasteiger charge is -2.12. The van der Waals surface area contributed by atoms with Crippen LogP contribution >= 0.6 is 11.8 Å². The maximum atomic E-state index is 6.02. The van der Waals surface area contributed by atoms with Crippen LogP contribution < -0.4 is 5.73 Å². The molecule has 1 atom stereocenters. The molecule has 0 saturated carbocycles. The second kappa shape index (κ2) is 6.73. The molecule has 0 saturated heterocycles. The first-order valence-corrected chi connectivity index (χ1v) is 7.44. The highest BCUT2D eigenvalue weighted by Crippen LogP contribution is 2.27. The zero-order valence-corrected chi connectivity index (χ0v) is 12.3. The Morgan fingerprint density at radius 3 is 2.74 bits per heavy atom. The second-order valence-electron chi connectivity index (χ2n) is 4.73. The van der Waals surface area contributed by atoms with E-state index >= 15 is 0 Å². The molecule has 2 nitrogen and oxygen atoms in total. The molecule has 0 amide bonds. The summed E-state index contributed by atoms with van der Waals surface area (Å²) in [6.07, 6.45) is 3.80. The number of aryl methyl sites for hydroxylation is 1. The van der Waals surface area contributed by atoms with Crippen LogP contribution in [0.4, 0.5) is 0 Å². The Morgan fingerprint density at radius 1 is 1.26 bits per heavy atom. The molecule has 3 heteroatoms. The summed E-state index contributed by atoms with van der Waals surface area (Å²) >= 11 is 1.69. The molecule has 0 radical (unpaired) electrons. The summed E-state index contributed by atoms with van der Waals surface area (Å²) in [6.45, 7) is 4.28. The molecule has 100 valence electrons. The van der Waals surface area contributed by atoms with E-state index in [4.69, 9.17) is 5.73 Å². The minimum absolute atomic E-state index is 0.257. The number of hydrogen-bond acceptors (Lipinski definition) is 3. The molecule has 2 rings (SSSR count). The van der Waals surface area contributed by atoms with Crippen LogP contribution in [-0.2, 0) is 6.42 Å². The van der Waals surface area contributed by atoms with E-state index in [0.29, 0.717) is 0 Å². The second-order valence-corrected chi connectivity index (χ2v) is 5.82. The van der Waals surface area contributed by atoms with Gasteiger partial charge in [-0.1, -0.05) is 30.8 Å². The van der Waals surface area contributed by atoms with Gasteiger partial charge in [-0.25, -0.2) is 4.98 Å². The SMILES string of the molecule is CCC(N)Cc1ccc(Sc2ccccn2)cc1C. The molecule has 0 aliphatic rings. The van der Waals surface area contributed by atoms with Gasteiger partial charge in [0.15, 0.2) is 0 Å². The quantitative estimate of drug-likeness (QED) is 0.899. The monoisotopic (exact) mass is 272 g/mol. The lowest BCUT2D eigenvalue weighted by molar-refractivity contribution is 0.644. The summed E-state index contributed by atoms with van der Waals surface area (Å²) in [7, 11) is 0. The molecule has 1 unspecified atom stereocenters. The Labute approximate surface area is 119 Å². The standard InChI is InChI=1S/C16H20N2S/c1-3-14(17)11-13-7-8-15(10-12(13)2)19-16-6-4-5-9-18-16/h4-10,14H,3,11,17H2,1-2H3. The van der Waals surface area contributed by atoms with Crippen LogP contribution in [0.3, 0.4) is 0 Å². The minimum atomic E-state index is 0.257. The largest absolute Gasteiger partial charge is 0.327 e. The fourth-order valence-electron chi connectivity index (χ4n) is 1.92. The smallest absolute Gasteiger partial charge is 0.101 e. The minimum Gasteiger partial charge on any atom is -0.327 e. The summed E-state index contributed by atoms with van der Waals surface area (Å²) in [5.74, 6) is 0. The van der Waals surface area contributed by atoms with Gasteiger partial charge in [-0.3, -0.25) is 0 Å². The van der Waals surface area contributed by atoms with Gasteiger partial charge in [-0.15, -0.1) is 0 Å². The topological polar surface area (TPSA) is 38.9 Å². The van der Waals surface area contributed by atoms with Crippen molar-refractivity contribution in [1.82, 2.24) is 4.98 Å². The van der Waals surface area contributed by atoms with E-state index in [1.165, 1.54) is 16.0 Å². The zero-order valence-electron chi connectivity index (χ0n) is 11.5. The fraction of sp³-hybridized carbons (Fsp3) is 0.312. The van der Waals surface area contributed by atoms with Crippen LogP contribution in [-0.4, -0.2) is 11.0 Å². The van der Waals surface area contributed by atoms with Gasteiger partial charge in [0.25, 0.3) is 0 Å². The number of pyridine rings is 1. The van der Waals surface area contributed by atoms with Crippen LogP contribution in [0, 0.1) is 6.92 Å². The number of benzene rings is 1. The summed E-state index contributed by atoms with van der Waals surface area (Å²) in [5, 5.41) is 1.03. The van der Waals surface area contributed by atoms with E-state index in [1.54, 1.807) is 11.8 Å². The van der Waals surface area contributed by atoms with Crippen molar-refractivity contribution in [2.75, 3.05) is 0 Å². The third-order valence-electron chi connectivity index (χ3n) is 3.18. The number of rotatable bonds is 5. The fourth-order valence-corrected chi connectivity index (χ4v) is 2.79. The first-order chi connectivity index (χ1) is 9.19. The van der Waals surface area contributed by atoms with Gasteiger partial charge < -0.3 is 5.73 Å². The Morgan fingerprint density at radius 2 is 2.11 bits per heavy atom. The van der Waals surface area contributed by atoms with Crippen molar-refractivity contribution in [3.63, 3.8) is 0 Å². The van der Waals surface area contributed by atoms with Gasteiger partial charge in [-0.05, 0) is 55.2 Å². The van der Waals surface area contributed by atoms with Crippen molar-refractivity contribution in [2.45, 2.75) is 42.7 Å². The van der Waals surface area contributed by atoms with E-state index in [-0.39, 0.29) is 6.04 Å². The summed E-state index contributed by atoms with van der Waals surface area (Å²) in [4.78, 5) is 5.56. The van der Waals surface area contributed by atoms with Crippen molar-refractivity contribution in [3.05, 3.63) is 53.7 Å². The van der Waals surface area contributed by atoms with Gasteiger partial charge in [0.1, 0.15) is 5.03 Å². The van der Waals surface area contributed by atoms with Crippen molar-refractivity contribution >= 4 is 11.8 Å². The highest BCUT2D eigenvalue weighted by atomic mass is 32.2. The Bertz CT molecular complexity index is 526. The molecule has 1 aromatic heterocycles. The van der Waals surface area contributed by atoms with Crippen molar-refractivity contribution in [1.29, 1.82) is 0 Å². The molecular weight excluding hydrogens is 252 g/mol. The lowest BCUT2D eigenvalue weighted by Crippen LogP contribution is -2.21. The van der Waals surface area contributed by atoms with Crippen LogP contribution in [0.1, 0.15) is 24.5 Å². The number of aromatic nitrogens is 1. The zero-order chi connectivity index (χ0) is 13.7. The summed E-state index contributed by atoms with van der Waals surface area (Å²) in [5.41, 5.74) is 8.68. The van der Waals surface area contributed by atoms with Crippen LogP contribution in [0.15, 0.2) is 52.5 Å². The number of nitrogens with zero attached hydrogens (tertiary/aromatic N) is 1. The summed E-state index contributed by atoms with van der Waals surface area (Å²) in [6, 6.07) is 12.8. The maximum absolute atomic E-state index is 6.02. The van der Waals surface area contributed by atoms with E-state index in [0.717, 1.165) is 17.9 Å². The third-order valence-corrected chi connectivity index (χ3v) is 4.12. The Kier molecular flexibility index (Phi) is 5.00. The van der Waals surface area contributed by atoms with E-state index < -0.39 is 0 Å². The van der Waals surface area contributed by atoms with Crippen LogP contribution in [0.5, 0.6) is 0 Å². The van der Waals surface area contributed by atoms with Gasteiger partial charge in [0.05, 0.1) is 0 Å². The molecule has 0 bridgehead atoms. The first-order valence-electron chi connectivity index (χ1n) is 6.63. The van der Waals surface area contributed by atoms with Gasteiger partial charge >= 0.3 is 0 Å². The Balaban J connectivity index is 2.10. The molecule has 1 aromatic carbocycles. The number of hydrogen-bond donors (Lipinski definition) is 1. The van der Waals surface area contributed by atoms with E-state index in [1.807, 2.05) is 24.4 Å². The van der Waals surface area contributed by atoms with Gasteiger partial charge in [-0.2, -0.15) is 0 Å². The average Bonchev–Trinajstić information content (AvgIpc) is 2.43. The molecular formula is C16H20N2S. The third kappa shape index (κ3) is 4.08. The molecule has 19 heavy (non-hydrogen) atoms. The highest BCUT2D eigenvalue weighted by molar-refractivity contribution is 7.99. The predicted molar refractivity (Wildman–Crippen MR) is 81.5 cm³/mol. The summed E-state index contributed by atoms with van der Waals surface area (Å²) < 4.78 is 0. The average molecular weight is 272 g/mol. The molecule has 0 fully saturated rings. The highest BCUT2D eigenvalue weighted by Gasteiger charge is 2.06. The van der Waals surface area contributed by atoms with Crippen molar-refractivity contribution < 1.29 is 0 Å². The van der Waals surface area contributed by atoms with Crippen LogP contribution in [0.25, 0.3) is 0 Å². The van der Waals surface area contributed by atoms with E-state index in [2.05, 4.69) is 37.0 Å². The van der Waals surface area contributed by atoms with Gasteiger partial charge in [0.2, 0.25) is 0 Å². The lowest BCUT2D eigenvalue weighted by atomic mass is 10.0. The first kappa shape index (κ1) is 14.1.